The number of guanidine groups is 1. The van der Waals surface area contributed by atoms with Gasteiger partial charge in [-0.05, 0) is 19.3 Å². The van der Waals surface area contributed by atoms with Gasteiger partial charge in [0.2, 0.25) is 0 Å². The van der Waals surface area contributed by atoms with E-state index >= 15 is 0 Å². The highest BCUT2D eigenvalue weighted by Gasteiger charge is 2.12. The predicted octanol–water partition coefficient (Wildman–Crippen LogP) is 2.41. The van der Waals surface area contributed by atoms with E-state index < -0.39 is 0 Å². The maximum atomic E-state index is 5.92. The Bertz CT molecular complexity index is 418. The molecule has 0 unspecified atom stereocenters. The van der Waals surface area contributed by atoms with Crippen LogP contribution in [-0.2, 0) is 11.3 Å². The third-order valence-corrected chi connectivity index (χ3v) is 3.96. The van der Waals surface area contributed by atoms with Crippen LogP contribution in [0.2, 0.25) is 0 Å². The van der Waals surface area contributed by atoms with E-state index in [0.717, 1.165) is 38.6 Å². The zero-order chi connectivity index (χ0) is 15.5. The van der Waals surface area contributed by atoms with E-state index in [4.69, 9.17) is 4.74 Å². The number of aliphatic imine (C=N–C) groups is 1. The highest BCUT2D eigenvalue weighted by Crippen LogP contribution is 2.20. The molecular formula is C16H30IN5O. The lowest BCUT2D eigenvalue weighted by atomic mass is 9.98. The second kappa shape index (κ2) is 12.6. The van der Waals surface area contributed by atoms with Crippen LogP contribution in [0.1, 0.15) is 38.5 Å². The summed E-state index contributed by atoms with van der Waals surface area (Å²) in [5, 5.41) is 6.62. The number of rotatable bonds is 8. The van der Waals surface area contributed by atoms with E-state index in [2.05, 4.69) is 20.6 Å². The molecule has 1 aliphatic carbocycles. The summed E-state index contributed by atoms with van der Waals surface area (Å²) >= 11 is 0. The Morgan fingerprint density at radius 2 is 2.04 bits per heavy atom. The molecule has 0 amide bonds. The third-order valence-electron chi connectivity index (χ3n) is 3.96. The molecule has 1 fully saturated rings. The molecule has 1 aromatic rings. The molecule has 1 heterocycles. The van der Waals surface area contributed by atoms with Gasteiger partial charge in [0.1, 0.15) is 0 Å². The number of imidazole rings is 1. The first-order chi connectivity index (χ1) is 10.9. The Kier molecular flexibility index (Phi) is 11.1. The molecule has 0 aromatic carbocycles. The zero-order valence-electron chi connectivity index (χ0n) is 14.0. The van der Waals surface area contributed by atoms with Crippen molar-refractivity contribution in [1.82, 2.24) is 20.2 Å². The number of nitrogens with zero attached hydrogens (tertiary/aromatic N) is 3. The van der Waals surface area contributed by atoms with Gasteiger partial charge in [0, 0.05) is 45.7 Å². The molecule has 0 atom stereocenters. The first-order valence-corrected chi connectivity index (χ1v) is 8.40. The van der Waals surface area contributed by atoms with Gasteiger partial charge in [0.25, 0.3) is 0 Å². The monoisotopic (exact) mass is 435 g/mol. The van der Waals surface area contributed by atoms with Crippen molar-refractivity contribution < 1.29 is 4.74 Å². The average molecular weight is 435 g/mol. The van der Waals surface area contributed by atoms with Crippen LogP contribution in [0.5, 0.6) is 0 Å². The van der Waals surface area contributed by atoms with Gasteiger partial charge in [-0.2, -0.15) is 0 Å². The van der Waals surface area contributed by atoms with Crippen LogP contribution in [0.4, 0.5) is 0 Å². The van der Waals surface area contributed by atoms with Crippen LogP contribution in [-0.4, -0.2) is 48.4 Å². The number of nitrogens with one attached hydrogen (secondary N) is 2. The number of hydrogen-bond acceptors (Lipinski definition) is 3. The largest absolute Gasteiger partial charge is 0.378 e. The van der Waals surface area contributed by atoms with Gasteiger partial charge in [-0.3, -0.25) is 4.99 Å². The Morgan fingerprint density at radius 1 is 1.26 bits per heavy atom. The van der Waals surface area contributed by atoms with Crippen molar-refractivity contribution in [1.29, 1.82) is 0 Å². The van der Waals surface area contributed by atoms with E-state index in [0.29, 0.717) is 6.10 Å². The third kappa shape index (κ3) is 8.55. The molecule has 0 spiro atoms. The van der Waals surface area contributed by atoms with E-state index in [-0.39, 0.29) is 24.0 Å². The van der Waals surface area contributed by atoms with Crippen molar-refractivity contribution in [3.05, 3.63) is 18.7 Å². The average Bonchev–Trinajstić information content (AvgIpc) is 3.07. The van der Waals surface area contributed by atoms with Crippen molar-refractivity contribution in [3.8, 4) is 0 Å². The fourth-order valence-electron chi connectivity index (χ4n) is 2.70. The molecule has 6 nitrogen and oxygen atoms in total. The molecule has 1 saturated carbocycles. The minimum Gasteiger partial charge on any atom is -0.378 e. The summed E-state index contributed by atoms with van der Waals surface area (Å²) < 4.78 is 7.96. The van der Waals surface area contributed by atoms with Crippen LogP contribution in [0.3, 0.4) is 0 Å². The molecule has 0 aliphatic heterocycles. The van der Waals surface area contributed by atoms with Crippen molar-refractivity contribution in [3.63, 3.8) is 0 Å². The Labute approximate surface area is 156 Å². The summed E-state index contributed by atoms with van der Waals surface area (Å²) in [5.41, 5.74) is 0. The van der Waals surface area contributed by atoms with E-state index in [1.807, 2.05) is 17.1 Å². The standard InChI is InChI=1S/C16H29N5O.HI/c1-17-16(20-10-12-21-11-9-18-14-21)19-8-5-13-22-15-6-3-2-4-7-15;/h9,11,14-15H,2-8,10,12-13H2,1H3,(H2,17,19,20);1H. The van der Waals surface area contributed by atoms with Crippen molar-refractivity contribution >= 4 is 29.9 Å². The highest BCUT2D eigenvalue weighted by molar-refractivity contribution is 14.0. The minimum absolute atomic E-state index is 0. The van der Waals surface area contributed by atoms with Gasteiger partial charge < -0.3 is 19.9 Å². The van der Waals surface area contributed by atoms with Crippen molar-refractivity contribution in [2.45, 2.75) is 51.2 Å². The van der Waals surface area contributed by atoms with Gasteiger partial charge in [0.05, 0.1) is 12.4 Å². The molecular weight excluding hydrogens is 405 g/mol. The Morgan fingerprint density at radius 3 is 2.74 bits per heavy atom. The molecule has 0 radical (unpaired) electrons. The molecule has 0 saturated heterocycles. The lowest BCUT2D eigenvalue weighted by Gasteiger charge is -2.22. The van der Waals surface area contributed by atoms with E-state index in [1.54, 1.807) is 13.2 Å². The summed E-state index contributed by atoms with van der Waals surface area (Å²) in [7, 11) is 1.80. The van der Waals surface area contributed by atoms with Gasteiger partial charge in [0.15, 0.2) is 5.96 Å². The minimum atomic E-state index is 0. The zero-order valence-corrected chi connectivity index (χ0v) is 16.4. The number of aromatic nitrogens is 2. The van der Waals surface area contributed by atoms with Crippen LogP contribution < -0.4 is 10.6 Å². The van der Waals surface area contributed by atoms with Gasteiger partial charge >= 0.3 is 0 Å². The topological polar surface area (TPSA) is 63.5 Å². The lowest BCUT2D eigenvalue weighted by molar-refractivity contribution is 0.0277. The summed E-state index contributed by atoms with van der Waals surface area (Å²) in [5.74, 6) is 0.845. The first kappa shape index (κ1) is 20.2. The van der Waals surface area contributed by atoms with Gasteiger partial charge in [-0.15, -0.1) is 24.0 Å². The van der Waals surface area contributed by atoms with Crippen LogP contribution in [0.25, 0.3) is 0 Å². The maximum absolute atomic E-state index is 5.92. The number of hydrogen-bond donors (Lipinski definition) is 2. The Balaban J connectivity index is 0.00000264. The molecule has 7 heteroatoms. The van der Waals surface area contributed by atoms with E-state index in [9.17, 15) is 0 Å². The van der Waals surface area contributed by atoms with Gasteiger partial charge in [-0.1, -0.05) is 19.3 Å². The second-order valence-corrected chi connectivity index (χ2v) is 5.71. The molecule has 23 heavy (non-hydrogen) atoms. The summed E-state index contributed by atoms with van der Waals surface area (Å²) in [4.78, 5) is 8.25. The number of ether oxygens (including phenoxy) is 1. The summed E-state index contributed by atoms with van der Waals surface area (Å²) in [6.45, 7) is 3.43. The molecule has 2 N–H and O–H groups in total. The number of halogens is 1. The fourth-order valence-corrected chi connectivity index (χ4v) is 2.70. The molecule has 1 aliphatic rings. The molecule has 132 valence electrons. The first-order valence-electron chi connectivity index (χ1n) is 8.40. The smallest absolute Gasteiger partial charge is 0.191 e. The van der Waals surface area contributed by atoms with Crippen molar-refractivity contribution in [2.75, 3.05) is 26.7 Å². The van der Waals surface area contributed by atoms with Crippen LogP contribution in [0.15, 0.2) is 23.7 Å². The molecule has 1 aromatic heterocycles. The second-order valence-electron chi connectivity index (χ2n) is 5.71. The van der Waals surface area contributed by atoms with Gasteiger partial charge in [-0.25, -0.2) is 4.98 Å². The lowest BCUT2D eigenvalue weighted by Crippen LogP contribution is -2.39. The maximum Gasteiger partial charge on any atom is 0.191 e. The molecule has 2 rings (SSSR count). The van der Waals surface area contributed by atoms with Crippen molar-refractivity contribution in [2.24, 2.45) is 4.99 Å². The normalized spacial score (nSPS) is 16.0. The summed E-state index contributed by atoms with van der Waals surface area (Å²) in [6, 6.07) is 0. The summed E-state index contributed by atoms with van der Waals surface area (Å²) in [6.07, 6.45) is 13.6. The van der Waals surface area contributed by atoms with E-state index in [1.165, 1.54) is 32.1 Å². The Hall–Kier alpha value is -0.830. The fraction of sp³-hybridized carbons (Fsp3) is 0.750. The quantitative estimate of drug-likeness (QED) is 0.285. The highest BCUT2D eigenvalue weighted by atomic mass is 127. The van der Waals surface area contributed by atoms with Crippen LogP contribution in [0, 0.1) is 0 Å². The SMILES string of the molecule is CN=C(NCCCOC1CCCCC1)NCCn1ccnc1.I. The predicted molar refractivity (Wildman–Crippen MR) is 104 cm³/mol. The van der Waals surface area contributed by atoms with Crippen LogP contribution >= 0.6 is 24.0 Å². The molecule has 0 bridgehead atoms.